The Balaban J connectivity index is 2.52. The van der Waals surface area contributed by atoms with Crippen molar-refractivity contribution in [3.63, 3.8) is 0 Å². The quantitative estimate of drug-likeness (QED) is 0.153. The zero-order valence-electron chi connectivity index (χ0n) is 12.3. The Morgan fingerprint density at radius 1 is 1.46 bits per heavy atom. The highest BCUT2D eigenvalue weighted by molar-refractivity contribution is 9.10. The van der Waals surface area contributed by atoms with Gasteiger partial charge in [0.2, 0.25) is 0 Å². The van der Waals surface area contributed by atoms with Gasteiger partial charge in [-0.2, -0.15) is 0 Å². The Hall–Kier alpha value is -1.90. The topological polar surface area (TPSA) is 58.9 Å². The maximum atomic E-state index is 14.1. The number of hydrogen-bond donors (Lipinski definition) is 1. The van der Waals surface area contributed by atoms with Crippen LogP contribution in [0.2, 0.25) is 0 Å². The smallest absolute Gasteiger partial charge is 0.343 e. The number of esters is 1. The molecule has 1 N–H and O–H groups in total. The van der Waals surface area contributed by atoms with Crippen LogP contribution in [-0.2, 0) is 9.53 Å². The highest BCUT2D eigenvalue weighted by atomic mass is 79.9. The van der Waals surface area contributed by atoms with Gasteiger partial charge in [-0.25, -0.2) is 22.4 Å². The molecule has 130 valence electrons. The van der Waals surface area contributed by atoms with Crippen LogP contribution in [0.25, 0.3) is 5.76 Å². The number of rotatable bonds is 5. The fraction of sp³-hybridized carbons (Fsp3) is 0.333. The largest absolute Gasteiger partial charge is 0.506 e. The van der Waals surface area contributed by atoms with Crippen LogP contribution in [-0.4, -0.2) is 36.1 Å². The molecular weight excluding hydrogens is 398 g/mol. The Labute approximate surface area is 143 Å². The Kier molecular flexibility index (Phi) is 5.63. The molecule has 0 saturated heterocycles. The van der Waals surface area contributed by atoms with Crippen molar-refractivity contribution in [2.24, 2.45) is 4.99 Å². The molecule has 1 aliphatic rings. The maximum absolute atomic E-state index is 14.1. The van der Waals surface area contributed by atoms with E-state index in [4.69, 9.17) is 4.74 Å². The summed E-state index contributed by atoms with van der Waals surface area (Å²) in [5.74, 6) is -6.28. The molecule has 24 heavy (non-hydrogen) atoms. The van der Waals surface area contributed by atoms with Crippen LogP contribution in [0.1, 0.15) is 18.9 Å². The molecule has 1 aromatic rings. The summed E-state index contributed by atoms with van der Waals surface area (Å²) in [6.07, 6.45) is -0.147. The summed E-state index contributed by atoms with van der Waals surface area (Å²) >= 11 is 2.52. The van der Waals surface area contributed by atoms with Gasteiger partial charge in [0.1, 0.15) is 17.5 Å². The molecule has 0 amide bonds. The van der Waals surface area contributed by atoms with E-state index in [0.29, 0.717) is 6.07 Å². The molecule has 0 spiro atoms. The van der Waals surface area contributed by atoms with Crippen molar-refractivity contribution >= 4 is 33.9 Å². The number of alkyl halides is 1. The molecular formula is C15H12BrF4NO3. The van der Waals surface area contributed by atoms with Gasteiger partial charge in [0.05, 0.1) is 22.7 Å². The lowest BCUT2D eigenvalue weighted by atomic mass is 10.1. The minimum atomic E-state index is -1.48. The molecule has 0 aromatic heterocycles. The lowest BCUT2D eigenvalue weighted by molar-refractivity contribution is -0.137. The normalized spacial score (nSPS) is 20.9. The van der Waals surface area contributed by atoms with Crippen LogP contribution in [0.3, 0.4) is 0 Å². The molecule has 2 atom stereocenters. The van der Waals surface area contributed by atoms with Gasteiger partial charge in [-0.1, -0.05) is 0 Å². The molecule has 0 bridgehead atoms. The Morgan fingerprint density at radius 2 is 2.08 bits per heavy atom. The molecule has 2 rings (SSSR count). The van der Waals surface area contributed by atoms with E-state index in [1.165, 1.54) is 6.92 Å². The molecule has 1 fully saturated rings. The van der Waals surface area contributed by atoms with Crippen molar-refractivity contribution in [3.05, 3.63) is 39.1 Å². The molecule has 0 heterocycles. The maximum Gasteiger partial charge on any atom is 0.343 e. The number of ether oxygens (including phenoxy) is 1. The Bertz CT molecular complexity index is 736. The summed E-state index contributed by atoms with van der Waals surface area (Å²) in [4.78, 5) is 15.6. The highest BCUT2D eigenvalue weighted by Crippen LogP contribution is 2.31. The summed E-state index contributed by atoms with van der Waals surface area (Å²) < 4.78 is 57.6. The first-order chi connectivity index (χ1) is 11.3. The molecule has 0 aliphatic heterocycles. The molecule has 9 heteroatoms. The summed E-state index contributed by atoms with van der Waals surface area (Å²) in [5, 5.41) is 10.1. The van der Waals surface area contributed by atoms with Crippen molar-refractivity contribution in [1.82, 2.24) is 0 Å². The van der Waals surface area contributed by atoms with Crippen molar-refractivity contribution < 1.29 is 32.2 Å². The van der Waals surface area contributed by atoms with Crippen LogP contribution < -0.4 is 0 Å². The van der Waals surface area contributed by atoms with Gasteiger partial charge in [-0.3, -0.25) is 4.99 Å². The van der Waals surface area contributed by atoms with Crippen LogP contribution in [0.4, 0.5) is 17.6 Å². The number of carbonyl (C=O) groups excluding carboxylic acids is 1. The molecule has 4 nitrogen and oxygen atoms in total. The van der Waals surface area contributed by atoms with E-state index in [9.17, 15) is 27.5 Å². The van der Waals surface area contributed by atoms with Crippen LogP contribution in [0, 0.1) is 17.5 Å². The zero-order valence-corrected chi connectivity index (χ0v) is 13.9. The third-order valence-electron chi connectivity index (χ3n) is 3.18. The first kappa shape index (κ1) is 18.4. The van der Waals surface area contributed by atoms with Gasteiger partial charge in [-0.15, -0.1) is 0 Å². The predicted octanol–water partition coefficient (Wildman–Crippen LogP) is 3.88. The van der Waals surface area contributed by atoms with Crippen LogP contribution in [0.15, 0.2) is 21.1 Å². The van der Waals surface area contributed by atoms with Crippen molar-refractivity contribution in [2.75, 3.05) is 6.61 Å². The van der Waals surface area contributed by atoms with Crippen molar-refractivity contribution in [2.45, 2.75) is 25.6 Å². The lowest BCUT2D eigenvalue weighted by Crippen LogP contribution is -2.12. The van der Waals surface area contributed by atoms with Gasteiger partial charge >= 0.3 is 5.97 Å². The predicted molar refractivity (Wildman–Crippen MR) is 82.0 cm³/mol. The summed E-state index contributed by atoms with van der Waals surface area (Å²) in [5.41, 5.74) is -1.35. The van der Waals surface area contributed by atoms with E-state index in [2.05, 4.69) is 20.9 Å². The first-order valence-corrected chi connectivity index (χ1v) is 7.68. The summed E-state index contributed by atoms with van der Waals surface area (Å²) in [7, 11) is 0. The van der Waals surface area contributed by atoms with E-state index in [1.807, 2.05) is 0 Å². The number of halogens is 5. The number of carbonyl (C=O) groups is 1. The summed E-state index contributed by atoms with van der Waals surface area (Å²) in [6.45, 7) is 1.44. The number of aliphatic hydroxyl groups excluding tert-OH is 1. The van der Waals surface area contributed by atoms with Crippen molar-refractivity contribution in [3.8, 4) is 0 Å². The van der Waals surface area contributed by atoms with E-state index in [0.717, 1.165) is 6.21 Å². The Morgan fingerprint density at radius 3 is 2.62 bits per heavy atom. The zero-order chi connectivity index (χ0) is 18.0. The number of benzene rings is 1. The van der Waals surface area contributed by atoms with Crippen LogP contribution in [0.5, 0.6) is 0 Å². The molecule has 1 saturated carbocycles. The van der Waals surface area contributed by atoms with E-state index < -0.39 is 57.0 Å². The first-order valence-electron chi connectivity index (χ1n) is 6.88. The fourth-order valence-corrected chi connectivity index (χ4v) is 2.19. The van der Waals surface area contributed by atoms with Gasteiger partial charge in [-0.05, 0) is 28.9 Å². The molecule has 1 aromatic carbocycles. The second-order valence-corrected chi connectivity index (χ2v) is 5.72. The third kappa shape index (κ3) is 3.77. The number of aliphatic imine (C=N–C) groups is 1. The highest BCUT2D eigenvalue weighted by Gasteiger charge is 2.37. The average Bonchev–Trinajstić information content (AvgIpc) is 3.24. The monoisotopic (exact) mass is 409 g/mol. The van der Waals surface area contributed by atoms with E-state index >= 15 is 0 Å². The molecule has 2 unspecified atom stereocenters. The number of nitrogens with zero attached hydrogens (tertiary/aromatic N) is 1. The SMILES string of the molecule is CCOC(=O)C(C=NC1CC1F)=C(O)c1cc(F)c(F)c(Br)c1F. The second-order valence-electron chi connectivity index (χ2n) is 4.93. The molecule has 1 aliphatic carbocycles. The third-order valence-corrected chi connectivity index (χ3v) is 3.88. The van der Waals surface area contributed by atoms with E-state index in [1.54, 1.807) is 0 Å². The van der Waals surface area contributed by atoms with Gasteiger partial charge < -0.3 is 9.84 Å². The standard InChI is InChI=1S/C15H12BrF4NO3/c1-2-24-15(23)7(5-21-10-4-8(10)17)14(22)6-3-9(18)13(20)11(16)12(6)19/h3,5,8,10,22H,2,4H2,1H3. The number of hydrogen-bond acceptors (Lipinski definition) is 4. The lowest BCUT2D eigenvalue weighted by Gasteiger charge is -2.09. The van der Waals surface area contributed by atoms with Crippen LogP contribution >= 0.6 is 15.9 Å². The molecule has 0 radical (unpaired) electrons. The minimum Gasteiger partial charge on any atom is -0.506 e. The number of aliphatic hydroxyl groups is 1. The summed E-state index contributed by atoms with van der Waals surface area (Å²) in [6, 6.07) is -0.267. The van der Waals surface area contributed by atoms with Crippen molar-refractivity contribution in [1.29, 1.82) is 0 Å². The second kappa shape index (κ2) is 7.33. The van der Waals surface area contributed by atoms with Gasteiger partial charge in [0.15, 0.2) is 17.5 Å². The van der Waals surface area contributed by atoms with Gasteiger partial charge in [0, 0.05) is 12.6 Å². The van der Waals surface area contributed by atoms with Gasteiger partial charge in [0.25, 0.3) is 0 Å². The average molecular weight is 410 g/mol. The van der Waals surface area contributed by atoms with E-state index in [-0.39, 0.29) is 13.0 Å². The minimum absolute atomic E-state index is 0.0530. The fourth-order valence-electron chi connectivity index (χ4n) is 1.79.